The van der Waals surface area contributed by atoms with Gasteiger partial charge >= 0.3 is 0 Å². The number of aliphatic hydroxyl groups is 1. The molecule has 122 valence electrons. The molecule has 0 bridgehead atoms. The second kappa shape index (κ2) is 8.90. The molecular formula is C18H20FNO3. The van der Waals surface area contributed by atoms with E-state index in [0.29, 0.717) is 31.7 Å². The van der Waals surface area contributed by atoms with Crippen molar-refractivity contribution in [2.45, 2.75) is 26.0 Å². The lowest BCUT2D eigenvalue weighted by Crippen LogP contribution is -2.23. The Kier molecular flexibility index (Phi) is 6.56. The van der Waals surface area contributed by atoms with Crippen molar-refractivity contribution in [2.24, 2.45) is 0 Å². The lowest BCUT2D eigenvalue weighted by molar-refractivity contribution is -0.121. The zero-order chi connectivity index (χ0) is 16.5. The van der Waals surface area contributed by atoms with Gasteiger partial charge in [0.25, 0.3) is 0 Å². The quantitative estimate of drug-likeness (QED) is 0.736. The van der Waals surface area contributed by atoms with E-state index in [-0.39, 0.29) is 18.3 Å². The van der Waals surface area contributed by atoms with Crippen LogP contribution in [0.1, 0.15) is 24.0 Å². The Labute approximate surface area is 134 Å². The maximum atomic E-state index is 12.7. The molecule has 0 atom stereocenters. The van der Waals surface area contributed by atoms with Crippen LogP contribution in [0.15, 0.2) is 48.5 Å². The summed E-state index contributed by atoms with van der Waals surface area (Å²) in [5.74, 6) is 0.212. The topological polar surface area (TPSA) is 58.6 Å². The Morgan fingerprint density at radius 2 is 1.78 bits per heavy atom. The van der Waals surface area contributed by atoms with Gasteiger partial charge in [0.05, 0.1) is 13.2 Å². The van der Waals surface area contributed by atoms with E-state index in [1.807, 2.05) is 24.3 Å². The molecule has 0 unspecified atom stereocenters. The van der Waals surface area contributed by atoms with Gasteiger partial charge in [-0.25, -0.2) is 4.39 Å². The molecule has 0 aliphatic heterocycles. The van der Waals surface area contributed by atoms with E-state index >= 15 is 0 Å². The van der Waals surface area contributed by atoms with Crippen molar-refractivity contribution in [3.8, 4) is 5.75 Å². The predicted molar refractivity (Wildman–Crippen MR) is 85.3 cm³/mol. The molecule has 23 heavy (non-hydrogen) atoms. The molecule has 0 radical (unpaired) electrons. The fourth-order valence-corrected chi connectivity index (χ4v) is 2.12. The number of aliphatic hydroxyl groups excluding tert-OH is 1. The molecule has 0 aliphatic rings. The second-order valence-electron chi connectivity index (χ2n) is 5.11. The maximum absolute atomic E-state index is 12.7. The van der Waals surface area contributed by atoms with E-state index < -0.39 is 0 Å². The van der Waals surface area contributed by atoms with Gasteiger partial charge in [-0.05, 0) is 41.8 Å². The van der Waals surface area contributed by atoms with E-state index in [1.165, 1.54) is 12.1 Å². The van der Waals surface area contributed by atoms with Gasteiger partial charge in [0, 0.05) is 13.0 Å². The molecule has 1 amide bonds. The monoisotopic (exact) mass is 317 g/mol. The predicted octanol–water partition coefficient (Wildman–Crippen LogP) is 2.79. The van der Waals surface area contributed by atoms with Crippen molar-refractivity contribution in [2.75, 3.05) is 6.61 Å². The third-order valence-electron chi connectivity index (χ3n) is 3.40. The van der Waals surface area contributed by atoms with Crippen LogP contribution in [-0.2, 0) is 17.9 Å². The average molecular weight is 317 g/mol. The molecule has 5 heteroatoms. The van der Waals surface area contributed by atoms with Crippen molar-refractivity contribution in [1.29, 1.82) is 0 Å². The summed E-state index contributed by atoms with van der Waals surface area (Å²) < 4.78 is 18.2. The van der Waals surface area contributed by atoms with Crippen LogP contribution in [0, 0.1) is 5.82 Å². The maximum Gasteiger partial charge on any atom is 0.220 e. The molecule has 0 spiro atoms. The molecule has 2 aromatic rings. The molecule has 4 nitrogen and oxygen atoms in total. The molecule has 0 saturated carbocycles. The van der Waals surface area contributed by atoms with Crippen molar-refractivity contribution >= 4 is 5.91 Å². The van der Waals surface area contributed by atoms with Gasteiger partial charge in [-0.2, -0.15) is 0 Å². The number of nitrogens with one attached hydrogen (secondary N) is 1. The zero-order valence-electron chi connectivity index (χ0n) is 12.8. The minimum atomic E-state index is -0.306. The minimum Gasteiger partial charge on any atom is -0.494 e. The number of hydrogen-bond acceptors (Lipinski definition) is 3. The summed E-state index contributed by atoms with van der Waals surface area (Å²) in [5, 5.41) is 12.1. The molecular weight excluding hydrogens is 297 g/mol. The van der Waals surface area contributed by atoms with Gasteiger partial charge in [0.15, 0.2) is 0 Å². The SMILES string of the molecule is O=C(CCCOc1ccc(F)cc1)NCc1ccccc1CO. The van der Waals surface area contributed by atoms with Crippen molar-refractivity contribution in [1.82, 2.24) is 5.32 Å². The highest BCUT2D eigenvalue weighted by atomic mass is 19.1. The number of carbonyl (C=O) groups is 1. The average Bonchev–Trinajstić information content (AvgIpc) is 2.58. The first-order valence-corrected chi connectivity index (χ1v) is 7.52. The molecule has 2 N–H and O–H groups in total. The first kappa shape index (κ1) is 17.0. The zero-order valence-corrected chi connectivity index (χ0v) is 12.8. The Morgan fingerprint density at radius 1 is 1.09 bits per heavy atom. The summed E-state index contributed by atoms with van der Waals surface area (Å²) in [7, 11) is 0. The van der Waals surface area contributed by atoms with Crippen LogP contribution >= 0.6 is 0 Å². The number of amides is 1. The Morgan fingerprint density at radius 3 is 2.48 bits per heavy atom. The number of carbonyl (C=O) groups excluding carboxylic acids is 1. The third-order valence-corrected chi connectivity index (χ3v) is 3.40. The summed E-state index contributed by atoms with van der Waals surface area (Å²) in [6, 6.07) is 13.2. The molecule has 2 rings (SSSR count). The first-order valence-electron chi connectivity index (χ1n) is 7.52. The molecule has 0 saturated heterocycles. The highest BCUT2D eigenvalue weighted by Gasteiger charge is 2.04. The fourth-order valence-electron chi connectivity index (χ4n) is 2.12. The van der Waals surface area contributed by atoms with Crippen molar-refractivity contribution in [3.05, 3.63) is 65.5 Å². The van der Waals surface area contributed by atoms with Crippen LogP contribution in [-0.4, -0.2) is 17.6 Å². The van der Waals surface area contributed by atoms with E-state index in [9.17, 15) is 14.3 Å². The summed E-state index contributed by atoms with van der Waals surface area (Å²) in [5.41, 5.74) is 1.72. The number of halogens is 1. The lowest BCUT2D eigenvalue weighted by Gasteiger charge is -2.09. The minimum absolute atomic E-state index is 0.0441. The number of rotatable bonds is 8. The van der Waals surface area contributed by atoms with E-state index in [2.05, 4.69) is 5.32 Å². The van der Waals surface area contributed by atoms with Gasteiger partial charge in [-0.1, -0.05) is 24.3 Å². The highest BCUT2D eigenvalue weighted by Crippen LogP contribution is 2.11. The van der Waals surface area contributed by atoms with Gasteiger partial charge in [0.2, 0.25) is 5.91 Å². The highest BCUT2D eigenvalue weighted by molar-refractivity contribution is 5.75. The van der Waals surface area contributed by atoms with Crippen LogP contribution in [0.5, 0.6) is 5.75 Å². The molecule has 0 aromatic heterocycles. The Balaban J connectivity index is 1.66. The standard InChI is InChI=1S/C18H20FNO3/c19-16-7-9-17(10-8-16)23-11-3-6-18(22)20-12-14-4-1-2-5-15(14)13-21/h1-2,4-5,7-10,21H,3,6,11-13H2,(H,20,22). The molecule has 0 aliphatic carbocycles. The number of benzene rings is 2. The lowest BCUT2D eigenvalue weighted by atomic mass is 10.1. The Bertz CT molecular complexity index is 628. The summed E-state index contributed by atoms with van der Waals surface area (Å²) in [6.07, 6.45) is 0.924. The van der Waals surface area contributed by atoms with Crippen LogP contribution < -0.4 is 10.1 Å². The van der Waals surface area contributed by atoms with Crippen molar-refractivity contribution < 1.29 is 19.0 Å². The van der Waals surface area contributed by atoms with Crippen LogP contribution in [0.2, 0.25) is 0 Å². The van der Waals surface area contributed by atoms with Crippen molar-refractivity contribution in [3.63, 3.8) is 0 Å². The van der Waals surface area contributed by atoms with Crippen LogP contribution in [0.4, 0.5) is 4.39 Å². The van der Waals surface area contributed by atoms with Gasteiger partial charge in [-0.15, -0.1) is 0 Å². The number of ether oxygens (including phenoxy) is 1. The summed E-state index contributed by atoms with van der Waals surface area (Å²) in [4.78, 5) is 11.8. The largest absolute Gasteiger partial charge is 0.494 e. The number of hydrogen-bond donors (Lipinski definition) is 2. The van der Waals surface area contributed by atoms with E-state index in [0.717, 1.165) is 11.1 Å². The van der Waals surface area contributed by atoms with Gasteiger partial charge in [-0.3, -0.25) is 4.79 Å². The third kappa shape index (κ3) is 5.71. The van der Waals surface area contributed by atoms with Gasteiger partial charge < -0.3 is 15.2 Å². The normalized spacial score (nSPS) is 10.3. The molecule has 0 heterocycles. The smallest absolute Gasteiger partial charge is 0.220 e. The van der Waals surface area contributed by atoms with Crippen LogP contribution in [0.25, 0.3) is 0 Å². The molecule has 0 fully saturated rings. The second-order valence-corrected chi connectivity index (χ2v) is 5.11. The van der Waals surface area contributed by atoms with E-state index in [1.54, 1.807) is 12.1 Å². The summed E-state index contributed by atoms with van der Waals surface area (Å²) >= 11 is 0. The molecule has 2 aromatic carbocycles. The fraction of sp³-hybridized carbons (Fsp3) is 0.278. The van der Waals surface area contributed by atoms with E-state index in [4.69, 9.17) is 4.74 Å². The Hall–Kier alpha value is -2.40. The van der Waals surface area contributed by atoms with Crippen LogP contribution in [0.3, 0.4) is 0 Å². The summed E-state index contributed by atoms with van der Waals surface area (Å²) in [6.45, 7) is 0.748. The first-order chi connectivity index (χ1) is 11.2. The van der Waals surface area contributed by atoms with Gasteiger partial charge in [0.1, 0.15) is 11.6 Å².